The summed E-state index contributed by atoms with van der Waals surface area (Å²) in [6.07, 6.45) is 7.30. The van der Waals surface area contributed by atoms with E-state index in [1.54, 1.807) is 48.5 Å². The number of hydrogen-bond donors (Lipinski definition) is 0. The van der Waals surface area contributed by atoms with Gasteiger partial charge in [-0.1, -0.05) is 13.2 Å². The summed E-state index contributed by atoms with van der Waals surface area (Å²) in [5.74, 6) is 0.522. The van der Waals surface area contributed by atoms with Gasteiger partial charge in [-0.2, -0.15) is 0 Å². The molecule has 0 radical (unpaired) electrons. The second-order valence-electron chi connectivity index (χ2n) is 7.94. The summed E-state index contributed by atoms with van der Waals surface area (Å²) in [5.41, 5.74) is 1.16. The van der Waals surface area contributed by atoms with E-state index in [1.165, 1.54) is 0 Å². The van der Waals surface area contributed by atoms with E-state index < -0.39 is 11.9 Å². The first-order valence-corrected chi connectivity index (χ1v) is 12.1. The topological polar surface area (TPSA) is 88.1 Å². The third kappa shape index (κ3) is 11.0. The van der Waals surface area contributed by atoms with Crippen molar-refractivity contribution < 1.29 is 33.3 Å². The summed E-state index contributed by atoms with van der Waals surface area (Å²) in [6, 6.07) is 14.2. The van der Waals surface area contributed by atoms with Crippen molar-refractivity contribution in [3.63, 3.8) is 0 Å². The van der Waals surface area contributed by atoms with E-state index in [1.807, 2.05) is 0 Å². The number of carbonyl (C=O) groups is 3. The molecule has 0 saturated carbocycles. The van der Waals surface area contributed by atoms with Crippen LogP contribution < -0.4 is 9.47 Å². The minimum Gasteiger partial charge on any atom is -0.494 e. The fourth-order valence-corrected chi connectivity index (χ4v) is 3.18. The molecule has 7 heteroatoms. The molecule has 2 aromatic carbocycles. The minimum atomic E-state index is -0.404. The Balaban J connectivity index is 1.65. The lowest BCUT2D eigenvalue weighted by atomic mass is 10.0. The maximum atomic E-state index is 12.8. The maximum absolute atomic E-state index is 12.8. The van der Waals surface area contributed by atoms with Gasteiger partial charge < -0.3 is 18.9 Å². The highest BCUT2D eigenvalue weighted by Crippen LogP contribution is 2.19. The quantitative estimate of drug-likeness (QED) is 0.117. The van der Waals surface area contributed by atoms with Gasteiger partial charge in [-0.3, -0.25) is 4.79 Å². The second-order valence-corrected chi connectivity index (χ2v) is 7.94. The van der Waals surface area contributed by atoms with Gasteiger partial charge in [0.25, 0.3) is 0 Å². The van der Waals surface area contributed by atoms with Gasteiger partial charge in [0, 0.05) is 23.3 Å². The Kier molecular flexibility index (Phi) is 13.2. The zero-order valence-electron chi connectivity index (χ0n) is 20.6. The monoisotopic (exact) mass is 494 g/mol. The number of carbonyl (C=O) groups excluding carboxylic acids is 3. The number of hydrogen-bond acceptors (Lipinski definition) is 7. The fraction of sp³-hybridized carbons (Fsp3) is 0.345. The fourth-order valence-electron chi connectivity index (χ4n) is 3.18. The lowest BCUT2D eigenvalue weighted by molar-refractivity contribution is -0.138. The molecule has 0 unspecified atom stereocenters. The summed E-state index contributed by atoms with van der Waals surface area (Å²) < 4.78 is 21.3. The van der Waals surface area contributed by atoms with Crippen LogP contribution in [0.5, 0.6) is 11.5 Å². The van der Waals surface area contributed by atoms with Crippen molar-refractivity contribution in [2.75, 3.05) is 26.4 Å². The van der Waals surface area contributed by atoms with Gasteiger partial charge in [0.1, 0.15) is 11.5 Å². The molecule has 0 heterocycles. The predicted octanol–water partition coefficient (Wildman–Crippen LogP) is 5.47. The van der Waals surface area contributed by atoms with Crippen molar-refractivity contribution in [2.24, 2.45) is 0 Å². The summed E-state index contributed by atoms with van der Waals surface area (Å²) >= 11 is 0. The van der Waals surface area contributed by atoms with Crippen LogP contribution in [0.25, 0.3) is 0 Å². The first-order chi connectivity index (χ1) is 17.5. The second kappa shape index (κ2) is 16.7. The minimum absolute atomic E-state index is 0.0729. The molecular weight excluding hydrogens is 460 g/mol. The largest absolute Gasteiger partial charge is 0.494 e. The Bertz CT molecular complexity index is 898. The first-order valence-electron chi connectivity index (χ1n) is 12.1. The van der Waals surface area contributed by atoms with E-state index >= 15 is 0 Å². The lowest BCUT2D eigenvalue weighted by Crippen LogP contribution is -2.04. The average Bonchev–Trinajstić information content (AvgIpc) is 2.91. The molecule has 7 nitrogen and oxygen atoms in total. The van der Waals surface area contributed by atoms with Crippen molar-refractivity contribution >= 4 is 17.7 Å². The number of rotatable bonds is 18. The molecule has 192 valence electrons. The number of unbranched alkanes of at least 4 members (excludes halogenated alkanes) is 4. The van der Waals surface area contributed by atoms with Crippen LogP contribution >= 0.6 is 0 Å². The molecule has 0 aromatic heterocycles. The molecule has 0 atom stereocenters. The van der Waals surface area contributed by atoms with Crippen LogP contribution in [0.2, 0.25) is 0 Å². The third-order valence-corrected chi connectivity index (χ3v) is 5.17. The molecule has 0 aliphatic rings. The number of benzene rings is 2. The molecule has 0 bridgehead atoms. The number of esters is 2. The zero-order valence-corrected chi connectivity index (χ0v) is 20.6. The smallest absolute Gasteiger partial charge is 0.330 e. The summed E-state index contributed by atoms with van der Waals surface area (Å²) in [4.78, 5) is 34.7. The third-order valence-electron chi connectivity index (χ3n) is 5.17. The van der Waals surface area contributed by atoms with Crippen molar-refractivity contribution in [3.8, 4) is 11.5 Å². The number of ether oxygens (including phenoxy) is 4. The van der Waals surface area contributed by atoms with Crippen LogP contribution in [0.3, 0.4) is 0 Å². The van der Waals surface area contributed by atoms with Crippen LogP contribution in [0.1, 0.15) is 54.4 Å². The first kappa shape index (κ1) is 28.4. The van der Waals surface area contributed by atoms with Gasteiger partial charge in [-0.15, -0.1) is 0 Å². The van der Waals surface area contributed by atoms with Crippen molar-refractivity contribution in [1.29, 1.82) is 0 Å². The van der Waals surface area contributed by atoms with Gasteiger partial charge in [-0.25, -0.2) is 9.59 Å². The molecule has 0 amide bonds. The van der Waals surface area contributed by atoms with Crippen LogP contribution in [-0.2, 0) is 19.1 Å². The number of ketones is 1. The molecular formula is C29H34O7. The molecule has 0 fully saturated rings. The Labute approximate surface area is 212 Å². The van der Waals surface area contributed by atoms with Crippen LogP contribution in [0, 0.1) is 0 Å². The highest BCUT2D eigenvalue weighted by Gasteiger charge is 2.09. The van der Waals surface area contributed by atoms with Gasteiger partial charge >= 0.3 is 11.9 Å². The van der Waals surface area contributed by atoms with E-state index in [4.69, 9.17) is 18.9 Å². The summed E-state index contributed by atoms with van der Waals surface area (Å²) in [5, 5.41) is 0. The Morgan fingerprint density at radius 1 is 0.556 bits per heavy atom. The molecule has 36 heavy (non-hydrogen) atoms. The normalized spacial score (nSPS) is 10.2. The molecule has 0 spiro atoms. The van der Waals surface area contributed by atoms with Crippen LogP contribution in [0.15, 0.2) is 73.8 Å². The van der Waals surface area contributed by atoms with E-state index in [-0.39, 0.29) is 5.78 Å². The van der Waals surface area contributed by atoms with Gasteiger partial charge in [0.2, 0.25) is 0 Å². The summed E-state index contributed by atoms with van der Waals surface area (Å²) in [7, 11) is 0. The summed E-state index contributed by atoms with van der Waals surface area (Å²) in [6.45, 7) is 8.56. The van der Waals surface area contributed by atoms with Crippen molar-refractivity contribution in [3.05, 3.63) is 85.0 Å². The van der Waals surface area contributed by atoms with Gasteiger partial charge in [0.05, 0.1) is 26.4 Å². The lowest BCUT2D eigenvalue weighted by Gasteiger charge is -2.09. The van der Waals surface area contributed by atoms with Gasteiger partial charge in [-0.05, 0) is 87.1 Å². The Morgan fingerprint density at radius 3 is 1.28 bits per heavy atom. The van der Waals surface area contributed by atoms with Gasteiger partial charge in [0.15, 0.2) is 5.78 Å². The molecule has 0 aliphatic heterocycles. The Morgan fingerprint density at radius 2 is 0.917 bits per heavy atom. The standard InChI is InChI=1S/C29H34O7/c1-3-27(30)35-21-9-5-7-19-33-25-15-11-23(12-16-25)29(32)24-13-17-26(18-14-24)34-20-8-6-10-22-36-28(31)4-2/h3-4,11-18H,1-2,5-10,19-22H2. The highest BCUT2D eigenvalue weighted by atomic mass is 16.5. The van der Waals surface area contributed by atoms with E-state index in [0.29, 0.717) is 49.1 Å². The Hall–Kier alpha value is -3.87. The molecule has 0 N–H and O–H groups in total. The van der Waals surface area contributed by atoms with E-state index in [9.17, 15) is 14.4 Å². The van der Waals surface area contributed by atoms with Crippen LogP contribution in [-0.4, -0.2) is 44.1 Å². The molecule has 0 saturated heterocycles. The predicted molar refractivity (Wildman–Crippen MR) is 137 cm³/mol. The highest BCUT2D eigenvalue weighted by molar-refractivity contribution is 6.09. The van der Waals surface area contributed by atoms with Crippen molar-refractivity contribution in [2.45, 2.75) is 38.5 Å². The zero-order chi connectivity index (χ0) is 26.0. The maximum Gasteiger partial charge on any atom is 0.330 e. The van der Waals surface area contributed by atoms with E-state index in [2.05, 4.69) is 13.2 Å². The van der Waals surface area contributed by atoms with Crippen molar-refractivity contribution in [1.82, 2.24) is 0 Å². The molecule has 2 aromatic rings. The van der Waals surface area contributed by atoms with E-state index in [0.717, 1.165) is 50.7 Å². The molecule has 0 aliphatic carbocycles. The molecule has 2 rings (SSSR count). The average molecular weight is 495 g/mol. The van der Waals surface area contributed by atoms with Crippen LogP contribution in [0.4, 0.5) is 0 Å². The SMILES string of the molecule is C=CC(=O)OCCCCCOc1ccc(C(=O)c2ccc(OCCCCCOC(=O)C=C)cc2)cc1.